The number of carbonyl (C=O) groups is 1. The number of nitrogens with one attached hydrogen (secondary N) is 2. The molecule has 0 bridgehead atoms. The average Bonchev–Trinajstić information content (AvgIpc) is 2.80. The smallest absolute Gasteiger partial charge is 0.261 e. The number of fused-ring (bicyclic) bond motifs is 1. The molecule has 2 N–H and O–H groups in total. The zero-order valence-electron chi connectivity index (χ0n) is 18.7. The van der Waals surface area contributed by atoms with Gasteiger partial charge in [-0.2, -0.15) is 0 Å². The van der Waals surface area contributed by atoms with Crippen molar-refractivity contribution >= 4 is 21.6 Å². The Bertz CT molecular complexity index is 1290. The van der Waals surface area contributed by atoms with Gasteiger partial charge in [-0.15, -0.1) is 0 Å². The summed E-state index contributed by atoms with van der Waals surface area (Å²) in [5, 5.41) is 2.95. The highest BCUT2D eigenvalue weighted by molar-refractivity contribution is 7.92. The number of ether oxygens (including phenoxy) is 2. The van der Waals surface area contributed by atoms with E-state index in [2.05, 4.69) is 10.0 Å². The lowest BCUT2D eigenvalue weighted by Gasteiger charge is -2.21. The Morgan fingerprint density at radius 3 is 2.33 bits per heavy atom. The van der Waals surface area contributed by atoms with Crippen LogP contribution in [0.3, 0.4) is 0 Å². The first kappa shape index (κ1) is 22.7. The molecular formula is C25H26N2O5S. The van der Waals surface area contributed by atoms with Crippen molar-refractivity contribution < 1.29 is 22.7 Å². The Labute approximate surface area is 193 Å². The lowest BCUT2D eigenvalue weighted by Crippen LogP contribution is -2.27. The Hall–Kier alpha value is -3.52. The SMILES string of the molecule is Cc1ccc(S(=O)(=O)Nc2cc(C(=O)NC(C)c3ccc4c(c3)OCCO4)ccc2C)cc1. The van der Waals surface area contributed by atoms with E-state index in [4.69, 9.17) is 9.47 Å². The third-order valence-corrected chi connectivity index (χ3v) is 6.87. The van der Waals surface area contributed by atoms with Crippen molar-refractivity contribution in [3.05, 3.63) is 82.9 Å². The molecule has 1 aliphatic rings. The first-order valence-corrected chi connectivity index (χ1v) is 12.1. The zero-order valence-corrected chi connectivity index (χ0v) is 19.5. The van der Waals surface area contributed by atoms with E-state index < -0.39 is 10.0 Å². The lowest BCUT2D eigenvalue weighted by atomic mass is 10.1. The van der Waals surface area contributed by atoms with Crippen molar-refractivity contribution in [3.63, 3.8) is 0 Å². The number of amides is 1. The molecule has 1 atom stereocenters. The van der Waals surface area contributed by atoms with E-state index in [-0.39, 0.29) is 16.8 Å². The summed E-state index contributed by atoms with van der Waals surface area (Å²) in [5.74, 6) is 1.03. The molecule has 3 aromatic rings. The van der Waals surface area contributed by atoms with Gasteiger partial charge in [0.15, 0.2) is 11.5 Å². The van der Waals surface area contributed by atoms with Gasteiger partial charge in [0.1, 0.15) is 13.2 Å². The molecule has 8 heteroatoms. The largest absolute Gasteiger partial charge is 0.486 e. The van der Waals surface area contributed by atoms with Gasteiger partial charge in [-0.25, -0.2) is 8.42 Å². The van der Waals surface area contributed by atoms with Gasteiger partial charge in [-0.3, -0.25) is 9.52 Å². The first-order valence-electron chi connectivity index (χ1n) is 10.6. The number of aryl methyl sites for hydroxylation is 2. The van der Waals surface area contributed by atoms with Crippen LogP contribution in [-0.4, -0.2) is 27.5 Å². The zero-order chi connectivity index (χ0) is 23.6. The minimum absolute atomic E-state index is 0.162. The number of hydrogen-bond donors (Lipinski definition) is 2. The van der Waals surface area contributed by atoms with E-state index in [1.165, 1.54) is 0 Å². The third kappa shape index (κ3) is 5.12. The quantitative estimate of drug-likeness (QED) is 0.563. The van der Waals surface area contributed by atoms with Crippen LogP contribution in [-0.2, 0) is 10.0 Å². The molecule has 1 aliphatic heterocycles. The molecule has 1 heterocycles. The van der Waals surface area contributed by atoms with Crippen LogP contribution in [0.1, 0.15) is 40.0 Å². The molecule has 0 fully saturated rings. The topological polar surface area (TPSA) is 93.7 Å². The standard InChI is InChI=1S/C25H26N2O5S/c1-16-4-9-21(10-5-16)33(29,30)27-22-14-20(7-6-17(22)2)25(28)26-18(3)19-8-11-23-24(15-19)32-13-12-31-23/h4-11,14-15,18,27H,12-13H2,1-3H3,(H,26,28). The van der Waals surface area contributed by atoms with Gasteiger partial charge in [0.05, 0.1) is 16.6 Å². The van der Waals surface area contributed by atoms with E-state index in [1.807, 2.05) is 32.0 Å². The summed E-state index contributed by atoms with van der Waals surface area (Å²) < 4.78 is 39.3. The Morgan fingerprint density at radius 2 is 1.61 bits per heavy atom. The second-order valence-corrected chi connectivity index (χ2v) is 9.73. The van der Waals surface area contributed by atoms with Crippen molar-refractivity contribution in [2.45, 2.75) is 31.7 Å². The van der Waals surface area contributed by atoms with Crippen LogP contribution < -0.4 is 19.5 Å². The summed E-state index contributed by atoms with van der Waals surface area (Å²) in [6.45, 7) is 6.55. The van der Waals surface area contributed by atoms with Gasteiger partial charge >= 0.3 is 0 Å². The van der Waals surface area contributed by atoms with Crippen LogP contribution in [0, 0.1) is 13.8 Å². The molecule has 0 radical (unpaired) electrons. The summed E-state index contributed by atoms with van der Waals surface area (Å²) in [6, 6.07) is 16.8. The number of benzene rings is 3. The highest BCUT2D eigenvalue weighted by Crippen LogP contribution is 2.32. The van der Waals surface area contributed by atoms with Gasteiger partial charge in [0.25, 0.3) is 15.9 Å². The van der Waals surface area contributed by atoms with Gasteiger partial charge < -0.3 is 14.8 Å². The van der Waals surface area contributed by atoms with Crippen molar-refractivity contribution in [3.8, 4) is 11.5 Å². The number of carbonyl (C=O) groups excluding carboxylic acids is 1. The summed E-state index contributed by atoms with van der Waals surface area (Å²) >= 11 is 0. The molecular weight excluding hydrogens is 440 g/mol. The Morgan fingerprint density at radius 1 is 0.909 bits per heavy atom. The first-order chi connectivity index (χ1) is 15.7. The molecule has 4 rings (SSSR count). The summed E-state index contributed by atoms with van der Waals surface area (Å²) in [5.41, 5.74) is 3.26. The molecule has 33 heavy (non-hydrogen) atoms. The molecule has 0 aliphatic carbocycles. The fourth-order valence-electron chi connectivity index (χ4n) is 3.49. The summed E-state index contributed by atoms with van der Waals surface area (Å²) in [6.07, 6.45) is 0. The van der Waals surface area contributed by atoms with Crippen LogP contribution in [0.25, 0.3) is 0 Å². The van der Waals surface area contributed by atoms with Crippen molar-refractivity contribution in [2.24, 2.45) is 0 Å². The highest BCUT2D eigenvalue weighted by atomic mass is 32.2. The normalized spacial score (nSPS) is 13.8. The second kappa shape index (κ2) is 9.15. The molecule has 0 saturated heterocycles. The number of anilines is 1. The fourth-order valence-corrected chi connectivity index (χ4v) is 4.61. The maximum Gasteiger partial charge on any atom is 0.261 e. The molecule has 0 spiro atoms. The van der Waals surface area contributed by atoms with E-state index >= 15 is 0 Å². The van der Waals surface area contributed by atoms with E-state index in [9.17, 15) is 13.2 Å². The molecule has 1 amide bonds. The van der Waals surface area contributed by atoms with Crippen LogP contribution in [0.15, 0.2) is 65.6 Å². The van der Waals surface area contributed by atoms with Crippen LogP contribution >= 0.6 is 0 Å². The predicted molar refractivity (Wildman–Crippen MR) is 126 cm³/mol. The third-order valence-electron chi connectivity index (χ3n) is 5.49. The maximum absolute atomic E-state index is 12.9. The van der Waals surface area contributed by atoms with Crippen molar-refractivity contribution in [1.29, 1.82) is 0 Å². The molecule has 3 aromatic carbocycles. The summed E-state index contributed by atoms with van der Waals surface area (Å²) in [7, 11) is -3.78. The van der Waals surface area contributed by atoms with Crippen molar-refractivity contribution in [2.75, 3.05) is 17.9 Å². The molecule has 7 nitrogen and oxygen atoms in total. The Kier molecular flexibility index (Phi) is 6.29. The predicted octanol–water partition coefficient (Wildman–Crippen LogP) is 4.37. The van der Waals surface area contributed by atoms with Gasteiger partial charge in [0.2, 0.25) is 0 Å². The molecule has 0 saturated carbocycles. The number of rotatable bonds is 6. The van der Waals surface area contributed by atoms with Gasteiger partial charge in [-0.1, -0.05) is 29.8 Å². The van der Waals surface area contributed by atoms with Gasteiger partial charge in [0, 0.05) is 5.56 Å². The van der Waals surface area contributed by atoms with Crippen LogP contribution in [0.4, 0.5) is 5.69 Å². The lowest BCUT2D eigenvalue weighted by molar-refractivity contribution is 0.0939. The van der Waals surface area contributed by atoms with E-state index in [0.29, 0.717) is 41.5 Å². The minimum Gasteiger partial charge on any atom is -0.486 e. The van der Waals surface area contributed by atoms with Gasteiger partial charge in [-0.05, 0) is 68.3 Å². The molecule has 1 unspecified atom stereocenters. The Balaban J connectivity index is 1.51. The molecule has 172 valence electrons. The van der Waals surface area contributed by atoms with Crippen LogP contribution in [0.5, 0.6) is 11.5 Å². The monoisotopic (exact) mass is 466 g/mol. The van der Waals surface area contributed by atoms with Crippen LogP contribution in [0.2, 0.25) is 0 Å². The fraction of sp³-hybridized carbons (Fsp3) is 0.240. The molecule has 0 aromatic heterocycles. The van der Waals surface area contributed by atoms with E-state index in [1.54, 1.807) is 49.4 Å². The van der Waals surface area contributed by atoms with Crippen molar-refractivity contribution in [1.82, 2.24) is 5.32 Å². The second-order valence-electron chi connectivity index (χ2n) is 8.05. The minimum atomic E-state index is -3.78. The maximum atomic E-state index is 12.9. The average molecular weight is 467 g/mol. The highest BCUT2D eigenvalue weighted by Gasteiger charge is 2.19. The summed E-state index contributed by atoms with van der Waals surface area (Å²) in [4.78, 5) is 13.1. The number of sulfonamides is 1. The number of hydrogen-bond acceptors (Lipinski definition) is 5. The van der Waals surface area contributed by atoms with E-state index in [0.717, 1.165) is 11.1 Å².